The Hall–Kier alpha value is -3.23. The minimum atomic E-state index is -0.767. The van der Waals surface area contributed by atoms with Gasteiger partial charge in [-0.05, 0) is 54.8 Å². The third-order valence-electron chi connectivity index (χ3n) is 7.34. The van der Waals surface area contributed by atoms with E-state index in [0.717, 1.165) is 24.1 Å². The van der Waals surface area contributed by atoms with Crippen LogP contribution in [0.3, 0.4) is 0 Å². The van der Waals surface area contributed by atoms with E-state index in [2.05, 4.69) is 15.2 Å². The van der Waals surface area contributed by atoms with E-state index in [9.17, 15) is 14.0 Å². The van der Waals surface area contributed by atoms with Crippen LogP contribution in [0.4, 0.5) is 4.39 Å². The predicted octanol–water partition coefficient (Wildman–Crippen LogP) is 4.87. The number of carbonyl (C=O) groups excluding carboxylic acids is 2. The third-order valence-corrected chi connectivity index (χ3v) is 7.57. The van der Waals surface area contributed by atoms with Gasteiger partial charge in [0.25, 0.3) is 5.91 Å². The highest BCUT2D eigenvalue weighted by Gasteiger charge is 2.39. The average molecular weight is 538 g/mol. The van der Waals surface area contributed by atoms with Gasteiger partial charge < -0.3 is 19.7 Å². The van der Waals surface area contributed by atoms with Crippen molar-refractivity contribution in [3.63, 3.8) is 0 Å². The van der Waals surface area contributed by atoms with E-state index in [-0.39, 0.29) is 17.2 Å². The van der Waals surface area contributed by atoms with Crippen LogP contribution in [0.2, 0.25) is 5.02 Å². The second kappa shape index (κ2) is 10.2. The Bertz CT molecular complexity index is 1370. The minimum absolute atomic E-state index is 0.134. The lowest BCUT2D eigenvalue weighted by Crippen LogP contribution is -2.53. The number of rotatable bonds is 4. The first-order chi connectivity index (χ1) is 18.0. The van der Waals surface area contributed by atoms with Gasteiger partial charge in [0.15, 0.2) is 5.69 Å². The maximum atomic E-state index is 14.9. The molecule has 1 aromatic heterocycles. The SMILES string of the molecule is CN1CCCn2c(-c3cc(Cl)ccc3F)nc(C(=O)NC(C(=O)N3Cc4ccccc4C3)C(C)(C)C)c2C1. The molecule has 2 amide bonds. The van der Waals surface area contributed by atoms with E-state index in [1.54, 1.807) is 4.90 Å². The Balaban J connectivity index is 1.49. The molecule has 1 N–H and O–H groups in total. The number of benzene rings is 2. The van der Waals surface area contributed by atoms with Gasteiger partial charge in [0.2, 0.25) is 5.91 Å². The fraction of sp³-hybridized carbons (Fsp3) is 0.414. The highest BCUT2D eigenvalue weighted by molar-refractivity contribution is 6.30. The summed E-state index contributed by atoms with van der Waals surface area (Å²) in [6.45, 7) is 8.75. The van der Waals surface area contributed by atoms with Crippen molar-refractivity contribution in [1.29, 1.82) is 0 Å². The molecule has 0 spiro atoms. The number of hydrogen-bond donors (Lipinski definition) is 1. The van der Waals surface area contributed by atoms with Gasteiger partial charge in [-0.2, -0.15) is 0 Å². The Morgan fingerprint density at radius 3 is 2.39 bits per heavy atom. The molecule has 1 atom stereocenters. The highest BCUT2D eigenvalue weighted by Crippen LogP contribution is 2.31. The van der Waals surface area contributed by atoms with Crippen molar-refractivity contribution in [3.8, 4) is 11.4 Å². The molecule has 7 nitrogen and oxygen atoms in total. The minimum Gasteiger partial charge on any atom is -0.338 e. The fourth-order valence-corrected chi connectivity index (χ4v) is 5.47. The molecule has 0 radical (unpaired) electrons. The molecule has 1 unspecified atom stereocenters. The van der Waals surface area contributed by atoms with Crippen molar-refractivity contribution in [2.24, 2.45) is 5.41 Å². The second-order valence-corrected chi connectivity index (χ2v) is 11.8. The van der Waals surface area contributed by atoms with Crippen LogP contribution in [-0.2, 0) is 31.0 Å². The largest absolute Gasteiger partial charge is 0.338 e. The lowest BCUT2D eigenvalue weighted by molar-refractivity contribution is -0.136. The van der Waals surface area contributed by atoms with Crippen molar-refractivity contribution in [2.45, 2.75) is 59.4 Å². The zero-order valence-corrected chi connectivity index (χ0v) is 23.0. The van der Waals surface area contributed by atoms with Gasteiger partial charge in [0.05, 0.1) is 11.3 Å². The summed E-state index contributed by atoms with van der Waals surface area (Å²) in [5, 5.41) is 3.40. The molecule has 0 bridgehead atoms. The second-order valence-electron chi connectivity index (χ2n) is 11.3. The number of nitrogens with one attached hydrogen (secondary N) is 1. The zero-order valence-electron chi connectivity index (χ0n) is 22.2. The molecule has 5 rings (SSSR count). The fourth-order valence-electron chi connectivity index (χ4n) is 5.30. The van der Waals surface area contributed by atoms with Crippen LogP contribution in [0.15, 0.2) is 42.5 Å². The maximum Gasteiger partial charge on any atom is 0.272 e. The monoisotopic (exact) mass is 537 g/mol. The Kier molecular flexibility index (Phi) is 7.05. The summed E-state index contributed by atoms with van der Waals surface area (Å²) in [7, 11) is 1.98. The molecule has 0 fully saturated rings. The van der Waals surface area contributed by atoms with Crippen molar-refractivity contribution < 1.29 is 14.0 Å². The van der Waals surface area contributed by atoms with Gasteiger partial charge in [-0.3, -0.25) is 9.59 Å². The van der Waals surface area contributed by atoms with Crippen molar-refractivity contribution in [3.05, 3.63) is 75.8 Å². The van der Waals surface area contributed by atoms with E-state index < -0.39 is 23.2 Å². The van der Waals surface area contributed by atoms with Crippen molar-refractivity contribution >= 4 is 23.4 Å². The van der Waals surface area contributed by atoms with Crippen LogP contribution in [-0.4, -0.2) is 50.8 Å². The topological polar surface area (TPSA) is 70.5 Å². The number of aromatic nitrogens is 2. The van der Waals surface area contributed by atoms with Gasteiger partial charge in [0.1, 0.15) is 17.7 Å². The summed E-state index contributed by atoms with van der Waals surface area (Å²) < 4.78 is 16.8. The smallest absolute Gasteiger partial charge is 0.272 e. The Morgan fingerprint density at radius 2 is 1.74 bits per heavy atom. The number of hydrogen-bond acceptors (Lipinski definition) is 4. The lowest BCUT2D eigenvalue weighted by atomic mass is 9.85. The van der Waals surface area contributed by atoms with Crippen LogP contribution in [0.1, 0.15) is 54.5 Å². The molecule has 9 heteroatoms. The normalized spacial score (nSPS) is 16.5. The molecule has 38 heavy (non-hydrogen) atoms. The van der Waals surface area contributed by atoms with Gasteiger partial charge in [0, 0.05) is 31.2 Å². The number of halogens is 2. The van der Waals surface area contributed by atoms with Crippen LogP contribution in [0.25, 0.3) is 11.4 Å². The van der Waals surface area contributed by atoms with E-state index in [1.165, 1.54) is 18.2 Å². The van der Waals surface area contributed by atoms with E-state index in [1.807, 2.05) is 56.7 Å². The number of fused-ring (bicyclic) bond motifs is 2. The third kappa shape index (κ3) is 5.07. The molecule has 3 aromatic rings. The first kappa shape index (κ1) is 26.4. The number of amides is 2. The van der Waals surface area contributed by atoms with Crippen LogP contribution in [0.5, 0.6) is 0 Å². The Morgan fingerprint density at radius 1 is 1.05 bits per heavy atom. The molecule has 2 aliphatic rings. The van der Waals surface area contributed by atoms with Gasteiger partial charge in [-0.25, -0.2) is 9.37 Å². The van der Waals surface area contributed by atoms with Crippen LogP contribution >= 0.6 is 11.6 Å². The Labute approximate surface area is 227 Å². The van der Waals surface area contributed by atoms with Crippen LogP contribution < -0.4 is 5.32 Å². The lowest BCUT2D eigenvalue weighted by Gasteiger charge is -2.33. The molecular formula is C29H33ClFN5O2. The van der Waals surface area contributed by atoms with E-state index in [4.69, 9.17) is 11.6 Å². The highest BCUT2D eigenvalue weighted by atomic mass is 35.5. The molecular weight excluding hydrogens is 505 g/mol. The zero-order chi connectivity index (χ0) is 27.2. The predicted molar refractivity (Wildman–Crippen MR) is 145 cm³/mol. The summed E-state index contributed by atoms with van der Waals surface area (Å²) in [5.41, 5.74) is 2.86. The summed E-state index contributed by atoms with van der Waals surface area (Å²) in [6, 6.07) is 11.6. The summed E-state index contributed by atoms with van der Waals surface area (Å²) in [6.07, 6.45) is 0.828. The molecule has 0 saturated carbocycles. The molecule has 3 heterocycles. The molecule has 2 aliphatic heterocycles. The molecule has 0 aliphatic carbocycles. The molecule has 2 aromatic carbocycles. The maximum absolute atomic E-state index is 14.9. The number of imidazole rings is 1. The van der Waals surface area contributed by atoms with Crippen LogP contribution in [0, 0.1) is 11.2 Å². The van der Waals surface area contributed by atoms with Crippen molar-refractivity contribution in [2.75, 3.05) is 13.6 Å². The summed E-state index contributed by atoms with van der Waals surface area (Å²) in [4.78, 5) is 36.1. The first-order valence-electron chi connectivity index (χ1n) is 12.9. The number of nitrogens with zero attached hydrogens (tertiary/aromatic N) is 4. The van der Waals surface area contributed by atoms with Crippen molar-refractivity contribution in [1.82, 2.24) is 24.7 Å². The molecule has 0 saturated heterocycles. The molecule has 200 valence electrons. The van der Waals surface area contributed by atoms with Gasteiger partial charge in [-0.1, -0.05) is 56.6 Å². The summed E-state index contributed by atoms with van der Waals surface area (Å²) in [5.74, 6) is -0.662. The van der Waals surface area contributed by atoms with Gasteiger partial charge >= 0.3 is 0 Å². The van der Waals surface area contributed by atoms with E-state index in [0.29, 0.717) is 42.7 Å². The van der Waals surface area contributed by atoms with Gasteiger partial charge in [-0.15, -0.1) is 0 Å². The quantitative estimate of drug-likeness (QED) is 0.516. The number of carbonyl (C=O) groups is 2. The van der Waals surface area contributed by atoms with E-state index >= 15 is 0 Å². The first-order valence-corrected chi connectivity index (χ1v) is 13.3. The standard InChI is InChI=1S/C29H33ClFN5O2/c1-29(2,3)25(28(38)35-15-18-8-5-6-9-19(18)16-35)33-27(37)24-23-17-34(4)12-7-13-36(23)26(32-24)21-14-20(30)10-11-22(21)31/h5-6,8-11,14,25H,7,12-13,15-17H2,1-4H3,(H,33,37). The average Bonchev–Trinajstić information content (AvgIpc) is 3.39. The summed E-state index contributed by atoms with van der Waals surface area (Å²) >= 11 is 6.19.